The zero-order valence-electron chi connectivity index (χ0n) is 34.0. The van der Waals surface area contributed by atoms with Crippen molar-refractivity contribution in [2.24, 2.45) is 11.8 Å². The largest absolute Gasteiger partial charge is 0.369 e. The lowest BCUT2D eigenvalue weighted by Crippen LogP contribution is -2.55. The van der Waals surface area contributed by atoms with Crippen LogP contribution in [0.1, 0.15) is 107 Å². The third-order valence-electron chi connectivity index (χ3n) is 14.3. The summed E-state index contributed by atoms with van der Waals surface area (Å²) in [5.41, 5.74) is 11.3. The molecule has 0 amide bonds. The smallest absolute Gasteiger partial charge is 0.103 e. The molecule has 3 heterocycles. The monoisotopic (exact) mass is 752 g/mol. The zero-order chi connectivity index (χ0) is 38.3. The van der Waals surface area contributed by atoms with Gasteiger partial charge < -0.3 is 14.8 Å². The second-order valence-electron chi connectivity index (χ2n) is 17.6. The standard InChI is InChI=1S/C53H60N4/c1-3-5-22-41(4-2)56-49-26-14-12-24-43(49)45-30-28-39(34-52(45)56)38-29-31-51-46(33-38)44-25-13-15-27-50(44)57(51)42-23-16-21-40(32-42)48-35-47(36-17-8-6-9-18-36)54-53(55-48)37-19-10-7-11-20-37/h4-6,8,10,12-16,19-22,24-28,30,34-36,38,40,42,46,48,51,53-55H,3,7,9,11,17-18,23,29,31-33H2,1-2H3/b22-5-,41-4+/t36?,38?,40?,42?,46?,48?,51?,53-/m1/s1. The molecule has 2 N–H and O–H groups in total. The quantitative estimate of drug-likeness (QED) is 0.139. The summed E-state index contributed by atoms with van der Waals surface area (Å²) in [7, 11) is 0. The number of nitrogens with one attached hydrogen (secondary N) is 2. The van der Waals surface area contributed by atoms with E-state index in [4.69, 9.17) is 0 Å². The van der Waals surface area contributed by atoms with Gasteiger partial charge in [-0.2, -0.15) is 0 Å². The van der Waals surface area contributed by atoms with Crippen LogP contribution in [0.15, 0.2) is 145 Å². The maximum absolute atomic E-state index is 4.11. The van der Waals surface area contributed by atoms with E-state index in [1.165, 1.54) is 88.5 Å². The van der Waals surface area contributed by atoms with Gasteiger partial charge in [-0.25, -0.2) is 0 Å². The molecule has 0 spiro atoms. The van der Waals surface area contributed by atoms with Gasteiger partial charge in [-0.1, -0.05) is 110 Å². The number of fused-ring (bicyclic) bond motifs is 6. The van der Waals surface area contributed by atoms with Gasteiger partial charge >= 0.3 is 0 Å². The van der Waals surface area contributed by atoms with Crippen LogP contribution in [0.4, 0.5) is 5.69 Å². The number of hydrogen-bond acceptors (Lipinski definition) is 3. The minimum Gasteiger partial charge on any atom is -0.369 e. The Balaban J connectivity index is 0.926. The SMILES string of the molecule is C/C=C(\C=C/CC)n1c2ccccc2c2ccc(C3CCC4C(C3)c3ccccc3N4C3CC=CC(C4C=C(C5CC=CCC5)N[C@@H](C5=CCCC=C5)N4)C3)cc21. The first kappa shape index (κ1) is 36.5. The van der Waals surface area contributed by atoms with Crippen molar-refractivity contribution in [3.05, 3.63) is 156 Å². The van der Waals surface area contributed by atoms with E-state index in [0.717, 1.165) is 32.1 Å². The second kappa shape index (κ2) is 15.9. The van der Waals surface area contributed by atoms with E-state index in [1.807, 2.05) is 0 Å². The molecule has 57 heavy (non-hydrogen) atoms. The van der Waals surface area contributed by atoms with Gasteiger partial charge in [0.2, 0.25) is 0 Å². The molecular formula is C53H60N4. The normalized spacial score (nSPS) is 30.1. The van der Waals surface area contributed by atoms with Crippen LogP contribution in [0, 0.1) is 11.8 Å². The van der Waals surface area contributed by atoms with Crippen molar-refractivity contribution >= 4 is 33.2 Å². The average molecular weight is 753 g/mol. The summed E-state index contributed by atoms with van der Waals surface area (Å²) < 4.78 is 2.50. The van der Waals surface area contributed by atoms with Gasteiger partial charge in [-0.05, 0) is 136 Å². The lowest BCUT2D eigenvalue weighted by atomic mass is 9.73. The third kappa shape index (κ3) is 6.78. The first-order chi connectivity index (χ1) is 28.2. The highest BCUT2D eigenvalue weighted by molar-refractivity contribution is 6.10. The van der Waals surface area contributed by atoms with Crippen LogP contribution in [0.3, 0.4) is 0 Å². The van der Waals surface area contributed by atoms with Gasteiger partial charge in [0.1, 0.15) is 6.17 Å². The molecule has 4 heteroatoms. The molecule has 10 rings (SSSR count). The highest BCUT2D eigenvalue weighted by Crippen LogP contribution is 2.53. The van der Waals surface area contributed by atoms with E-state index in [9.17, 15) is 0 Å². The first-order valence-corrected chi connectivity index (χ1v) is 22.3. The third-order valence-corrected chi connectivity index (χ3v) is 14.3. The number of allylic oxidation sites excluding steroid dienone is 9. The lowest BCUT2D eigenvalue weighted by Gasteiger charge is -2.45. The van der Waals surface area contributed by atoms with E-state index in [2.05, 4.69) is 168 Å². The Morgan fingerprint density at radius 3 is 2.58 bits per heavy atom. The molecule has 2 aliphatic heterocycles. The van der Waals surface area contributed by atoms with Crippen molar-refractivity contribution in [3.63, 3.8) is 0 Å². The predicted molar refractivity (Wildman–Crippen MR) is 241 cm³/mol. The zero-order valence-corrected chi connectivity index (χ0v) is 34.0. The van der Waals surface area contributed by atoms with Gasteiger partial charge in [0, 0.05) is 57.8 Å². The number of para-hydroxylation sites is 2. The molecule has 6 aliphatic rings. The van der Waals surface area contributed by atoms with Crippen LogP contribution in [0.2, 0.25) is 0 Å². The fourth-order valence-corrected chi connectivity index (χ4v) is 11.6. The van der Waals surface area contributed by atoms with E-state index in [-0.39, 0.29) is 6.17 Å². The fourth-order valence-electron chi connectivity index (χ4n) is 11.6. The van der Waals surface area contributed by atoms with Crippen molar-refractivity contribution in [3.8, 4) is 0 Å². The van der Waals surface area contributed by atoms with E-state index in [0.29, 0.717) is 41.8 Å². The summed E-state index contributed by atoms with van der Waals surface area (Å²) in [6, 6.07) is 27.2. The van der Waals surface area contributed by atoms with Crippen molar-refractivity contribution in [2.45, 2.75) is 121 Å². The molecule has 1 aromatic heterocycles. The first-order valence-electron chi connectivity index (χ1n) is 22.3. The van der Waals surface area contributed by atoms with Crippen LogP contribution in [0.25, 0.3) is 27.5 Å². The Bertz CT molecular complexity index is 2340. The Labute approximate surface area is 340 Å². The van der Waals surface area contributed by atoms with Crippen LogP contribution < -0.4 is 15.5 Å². The minimum atomic E-state index is 0.177. The summed E-state index contributed by atoms with van der Waals surface area (Å²) in [5.74, 6) is 2.16. The molecule has 1 fully saturated rings. The van der Waals surface area contributed by atoms with E-state index in [1.54, 1.807) is 5.56 Å². The van der Waals surface area contributed by atoms with E-state index < -0.39 is 0 Å². The number of aromatic nitrogens is 1. The molecule has 292 valence electrons. The topological polar surface area (TPSA) is 32.2 Å². The maximum atomic E-state index is 4.11. The molecule has 1 saturated carbocycles. The highest BCUT2D eigenvalue weighted by atomic mass is 15.2. The highest BCUT2D eigenvalue weighted by Gasteiger charge is 2.46. The number of rotatable bonds is 8. The van der Waals surface area contributed by atoms with Gasteiger partial charge in [0.15, 0.2) is 0 Å². The Hall–Kier alpha value is -4.80. The molecule has 4 nitrogen and oxygen atoms in total. The van der Waals surface area contributed by atoms with Crippen molar-refractivity contribution < 1.29 is 0 Å². The summed E-state index contributed by atoms with van der Waals surface area (Å²) in [5, 5.41) is 10.8. The minimum absolute atomic E-state index is 0.177. The average Bonchev–Trinajstić information content (AvgIpc) is 3.79. The predicted octanol–water partition coefficient (Wildman–Crippen LogP) is 12.6. The van der Waals surface area contributed by atoms with Gasteiger partial charge in [-0.3, -0.25) is 5.32 Å². The molecule has 4 aliphatic carbocycles. The number of anilines is 1. The summed E-state index contributed by atoms with van der Waals surface area (Å²) in [6.07, 6.45) is 39.5. The Kier molecular flexibility index (Phi) is 10.2. The summed E-state index contributed by atoms with van der Waals surface area (Å²) in [4.78, 5) is 2.92. The van der Waals surface area contributed by atoms with Crippen LogP contribution in [-0.4, -0.2) is 28.9 Å². The van der Waals surface area contributed by atoms with Gasteiger partial charge in [0.05, 0.1) is 11.0 Å². The maximum Gasteiger partial charge on any atom is 0.103 e. The van der Waals surface area contributed by atoms with Crippen LogP contribution in [0.5, 0.6) is 0 Å². The van der Waals surface area contributed by atoms with E-state index >= 15 is 0 Å². The Morgan fingerprint density at radius 1 is 0.825 bits per heavy atom. The van der Waals surface area contributed by atoms with Crippen molar-refractivity contribution in [1.82, 2.24) is 15.2 Å². The molecular weight excluding hydrogens is 693 g/mol. The molecule has 3 aromatic carbocycles. The lowest BCUT2D eigenvalue weighted by molar-refractivity contribution is 0.297. The fraction of sp³-hybridized carbons (Fsp3) is 0.396. The number of hydrogen-bond donors (Lipinski definition) is 2. The van der Waals surface area contributed by atoms with Gasteiger partial charge in [0.25, 0.3) is 0 Å². The van der Waals surface area contributed by atoms with Crippen LogP contribution in [-0.2, 0) is 0 Å². The Morgan fingerprint density at radius 2 is 1.72 bits per heavy atom. The molecule has 8 atom stereocenters. The summed E-state index contributed by atoms with van der Waals surface area (Å²) in [6.45, 7) is 4.39. The molecule has 0 radical (unpaired) electrons. The van der Waals surface area contributed by atoms with Crippen molar-refractivity contribution in [1.29, 1.82) is 0 Å². The molecule has 0 bridgehead atoms. The number of benzene rings is 3. The molecule has 0 saturated heterocycles. The van der Waals surface area contributed by atoms with Crippen LogP contribution >= 0.6 is 0 Å². The second-order valence-corrected chi connectivity index (χ2v) is 17.6. The summed E-state index contributed by atoms with van der Waals surface area (Å²) >= 11 is 0. The molecule has 4 aromatic rings. The van der Waals surface area contributed by atoms with Crippen molar-refractivity contribution in [2.75, 3.05) is 4.90 Å². The van der Waals surface area contributed by atoms with Gasteiger partial charge in [-0.15, -0.1) is 0 Å². The molecule has 7 unspecified atom stereocenters. The number of nitrogens with zero attached hydrogens (tertiary/aromatic N) is 2.